The molecule has 600 valence electrons. The topological polar surface area (TPSA) is 237 Å². The number of hydrogen-bond donors (Lipinski definition) is 3. The Morgan fingerprint density at radius 1 is 0.287 bits per heavy atom. The van der Waals surface area contributed by atoms with Crippen molar-refractivity contribution in [3.63, 3.8) is 0 Å². The maximum Gasteiger partial charge on any atom is 0.472 e. The molecule has 0 radical (unpaired) electrons. The van der Waals surface area contributed by atoms with Crippen LogP contribution in [0.4, 0.5) is 0 Å². The Hall–Kier alpha value is -1.94. The molecule has 3 unspecified atom stereocenters. The second-order valence-corrected chi connectivity index (χ2v) is 33.1. The fourth-order valence-corrected chi connectivity index (χ4v) is 14.3. The van der Waals surface area contributed by atoms with Gasteiger partial charge < -0.3 is 33.8 Å². The van der Waals surface area contributed by atoms with E-state index in [1.807, 2.05) is 0 Å². The van der Waals surface area contributed by atoms with Crippen LogP contribution in [0, 0.1) is 11.8 Å². The van der Waals surface area contributed by atoms with E-state index in [1.54, 1.807) is 0 Å². The maximum absolute atomic E-state index is 13.1. The molecule has 6 atom stereocenters. The van der Waals surface area contributed by atoms with Gasteiger partial charge in [0.05, 0.1) is 26.4 Å². The molecule has 0 aromatic carbocycles. The van der Waals surface area contributed by atoms with Crippen LogP contribution in [0.2, 0.25) is 0 Å². The summed E-state index contributed by atoms with van der Waals surface area (Å²) in [5, 5.41) is 10.7. The Bertz CT molecular complexity index is 1940. The van der Waals surface area contributed by atoms with Crippen molar-refractivity contribution in [2.45, 2.75) is 452 Å². The van der Waals surface area contributed by atoms with E-state index in [-0.39, 0.29) is 25.7 Å². The quantitative estimate of drug-likeness (QED) is 0.0222. The molecule has 0 rings (SSSR count). The first-order valence-corrected chi connectivity index (χ1v) is 45.5. The molecule has 0 saturated heterocycles. The number of aliphatic hydroxyl groups excluding tert-OH is 1. The van der Waals surface area contributed by atoms with Gasteiger partial charge in [0.15, 0.2) is 12.2 Å². The SMILES string of the molecule is CCCCCCCCCCCCCCCC(=O)OC[C@H](COP(=O)(O)OC[C@H](O)COP(=O)(O)OC[C@@H](COC(=O)CCCCCCCCCCCCC(C)CC)OC(=O)CCCCCCCCCCCCCCCCCCCCC(C)C)OC(=O)CCCCCCCCCCCCCCC. The molecule has 0 fully saturated rings. The van der Waals surface area contributed by atoms with Crippen molar-refractivity contribution in [2.24, 2.45) is 11.8 Å². The van der Waals surface area contributed by atoms with Gasteiger partial charge in [0, 0.05) is 25.7 Å². The van der Waals surface area contributed by atoms with Gasteiger partial charge in [-0.05, 0) is 37.5 Å². The minimum absolute atomic E-state index is 0.108. The predicted molar refractivity (Wildman–Crippen MR) is 414 cm³/mol. The number of unbranched alkanes of at least 4 members (excludes halogenated alkanes) is 50. The van der Waals surface area contributed by atoms with Crippen molar-refractivity contribution in [3.05, 3.63) is 0 Å². The van der Waals surface area contributed by atoms with E-state index in [0.717, 1.165) is 102 Å². The Labute approximate surface area is 619 Å². The molecule has 0 aliphatic carbocycles. The molecule has 0 aliphatic heterocycles. The minimum atomic E-state index is -4.96. The van der Waals surface area contributed by atoms with Gasteiger partial charge >= 0.3 is 39.5 Å². The third kappa shape index (κ3) is 74.7. The van der Waals surface area contributed by atoms with Crippen LogP contribution >= 0.6 is 15.6 Å². The number of phosphoric ester groups is 2. The van der Waals surface area contributed by atoms with Crippen LogP contribution < -0.4 is 0 Å². The first kappa shape index (κ1) is 99.1. The summed E-state index contributed by atoms with van der Waals surface area (Å²) < 4.78 is 68.8. The second kappa shape index (κ2) is 73.6. The highest BCUT2D eigenvalue weighted by Gasteiger charge is 2.30. The van der Waals surface area contributed by atoms with Gasteiger partial charge in [-0.15, -0.1) is 0 Å². The fourth-order valence-electron chi connectivity index (χ4n) is 12.7. The summed E-state index contributed by atoms with van der Waals surface area (Å²) in [4.78, 5) is 73.1. The van der Waals surface area contributed by atoms with Crippen LogP contribution in [0.1, 0.15) is 433 Å². The first-order valence-electron chi connectivity index (χ1n) is 42.5. The summed E-state index contributed by atoms with van der Waals surface area (Å²) in [6, 6.07) is 0. The average molecular weight is 1480 g/mol. The van der Waals surface area contributed by atoms with E-state index in [9.17, 15) is 43.2 Å². The average Bonchev–Trinajstić information content (AvgIpc) is 0.983. The van der Waals surface area contributed by atoms with Gasteiger partial charge in [0.1, 0.15) is 19.3 Å². The van der Waals surface area contributed by atoms with E-state index in [0.29, 0.717) is 25.7 Å². The highest BCUT2D eigenvalue weighted by Crippen LogP contribution is 2.45. The lowest BCUT2D eigenvalue weighted by Crippen LogP contribution is -2.30. The first-order chi connectivity index (χ1) is 48.9. The molecular formula is C82H160O17P2. The van der Waals surface area contributed by atoms with Gasteiger partial charge in [-0.3, -0.25) is 37.3 Å². The molecule has 0 bridgehead atoms. The van der Waals surface area contributed by atoms with Gasteiger partial charge in [-0.1, -0.05) is 382 Å². The zero-order chi connectivity index (χ0) is 74.2. The molecule has 17 nitrogen and oxygen atoms in total. The Morgan fingerprint density at radius 3 is 0.752 bits per heavy atom. The van der Waals surface area contributed by atoms with Crippen molar-refractivity contribution in [3.8, 4) is 0 Å². The molecule has 0 aliphatic rings. The number of aliphatic hydroxyl groups is 1. The third-order valence-electron chi connectivity index (χ3n) is 19.6. The summed E-state index contributed by atoms with van der Waals surface area (Å²) in [5.74, 6) is -0.475. The summed E-state index contributed by atoms with van der Waals surface area (Å²) >= 11 is 0. The molecular weight excluding hydrogens is 1320 g/mol. The third-order valence-corrected chi connectivity index (χ3v) is 21.5. The molecule has 0 aromatic heterocycles. The minimum Gasteiger partial charge on any atom is -0.462 e. The predicted octanol–water partition coefficient (Wildman–Crippen LogP) is 24.7. The molecule has 3 N–H and O–H groups in total. The van der Waals surface area contributed by atoms with E-state index in [2.05, 4.69) is 41.5 Å². The molecule has 0 spiro atoms. The number of ether oxygens (including phenoxy) is 4. The molecule has 0 heterocycles. The lowest BCUT2D eigenvalue weighted by Gasteiger charge is -2.21. The second-order valence-electron chi connectivity index (χ2n) is 30.2. The van der Waals surface area contributed by atoms with Crippen LogP contribution in [-0.2, 0) is 65.4 Å². The van der Waals surface area contributed by atoms with Crippen molar-refractivity contribution in [2.75, 3.05) is 39.6 Å². The Balaban J connectivity index is 5.24. The molecule has 0 aromatic rings. The van der Waals surface area contributed by atoms with Crippen LogP contribution in [0.3, 0.4) is 0 Å². The number of esters is 4. The van der Waals surface area contributed by atoms with Crippen molar-refractivity contribution in [1.82, 2.24) is 0 Å². The van der Waals surface area contributed by atoms with Crippen molar-refractivity contribution in [1.29, 1.82) is 0 Å². The van der Waals surface area contributed by atoms with Gasteiger partial charge in [0.2, 0.25) is 0 Å². The maximum atomic E-state index is 13.1. The lowest BCUT2D eigenvalue weighted by atomic mass is 9.99. The lowest BCUT2D eigenvalue weighted by molar-refractivity contribution is -0.161. The van der Waals surface area contributed by atoms with E-state index >= 15 is 0 Å². The highest BCUT2D eigenvalue weighted by molar-refractivity contribution is 7.47. The Morgan fingerprint density at radius 2 is 0.505 bits per heavy atom. The number of rotatable bonds is 81. The van der Waals surface area contributed by atoms with Crippen LogP contribution in [0.25, 0.3) is 0 Å². The smallest absolute Gasteiger partial charge is 0.462 e. The molecule has 0 saturated carbocycles. The van der Waals surface area contributed by atoms with Gasteiger partial charge in [0.25, 0.3) is 0 Å². The number of carbonyl (C=O) groups excluding carboxylic acids is 4. The van der Waals surface area contributed by atoms with Crippen LogP contribution in [-0.4, -0.2) is 96.7 Å². The Kier molecular flexibility index (Phi) is 72.2. The van der Waals surface area contributed by atoms with E-state index in [1.165, 1.54) is 250 Å². The normalized spacial score (nSPS) is 14.2. The number of carbonyl (C=O) groups is 4. The number of phosphoric acid groups is 2. The van der Waals surface area contributed by atoms with E-state index < -0.39 is 97.5 Å². The monoisotopic (exact) mass is 1480 g/mol. The number of hydrogen-bond acceptors (Lipinski definition) is 15. The van der Waals surface area contributed by atoms with Gasteiger partial charge in [-0.2, -0.15) is 0 Å². The van der Waals surface area contributed by atoms with E-state index in [4.69, 9.17) is 37.0 Å². The zero-order valence-electron chi connectivity index (χ0n) is 66.2. The van der Waals surface area contributed by atoms with Crippen molar-refractivity contribution >= 4 is 39.5 Å². The molecule has 19 heteroatoms. The van der Waals surface area contributed by atoms with Crippen LogP contribution in [0.5, 0.6) is 0 Å². The zero-order valence-corrected chi connectivity index (χ0v) is 68.0. The fraction of sp³-hybridized carbons (Fsp3) is 0.951. The summed E-state index contributed by atoms with van der Waals surface area (Å²) in [7, 11) is -9.92. The standard InChI is InChI=1S/C82H160O17P2/c1-7-10-12-14-16-18-20-28-33-40-46-52-58-64-79(84)92-70-77(98-81(86)66-60-54-48-42-34-29-21-19-17-15-13-11-8-2)72-96-100(88,89)94-68-76(83)69-95-101(90,91)97-73-78(71-93-80(85)65-59-53-47-41-37-36-39-45-51-57-63-75(6)9-3)99-82(87)67-61-55-49-43-35-31-27-25-23-22-24-26-30-32-38-44-50-56-62-74(4)5/h74-78,83H,7-73H2,1-6H3,(H,88,89)(H,90,91)/t75?,76-,77+,78+/m0/s1. The summed E-state index contributed by atoms with van der Waals surface area (Å²) in [6.07, 6.45) is 63.6. The molecule has 0 amide bonds. The van der Waals surface area contributed by atoms with Crippen LogP contribution in [0.15, 0.2) is 0 Å². The molecule has 101 heavy (non-hydrogen) atoms. The highest BCUT2D eigenvalue weighted by atomic mass is 31.2. The largest absolute Gasteiger partial charge is 0.472 e. The summed E-state index contributed by atoms with van der Waals surface area (Å²) in [6.45, 7) is 9.71. The summed E-state index contributed by atoms with van der Waals surface area (Å²) in [5.41, 5.74) is 0. The van der Waals surface area contributed by atoms with Crippen molar-refractivity contribution < 1.29 is 80.2 Å². The van der Waals surface area contributed by atoms with Gasteiger partial charge in [-0.25, -0.2) is 9.13 Å².